The van der Waals surface area contributed by atoms with Gasteiger partial charge in [0.25, 0.3) is 0 Å². The molecule has 1 aromatic heterocycles. The van der Waals surface area contributed by atoms with Crippen LogP contribution in [0.15, 0.2) is 43.7 Å². The lowest BCUT2D eigenvalue weighted by Gasteiger charge is -2.04. The monoisotopic (exact) mass is 460 g/mol. The highest BCUT2D eigenvalue weighted by atomic mass is 79.9. The Morgan fingerprint density at radius 2 is 1.68 bits per heavy atom. The van der Waals surface area contributed by atoms with Crippen molar-refractivity contribution in [1.82, 2.24) is 4.98 Å². The maximum Gasteiger partial charge on any atom is 0.124 e. The molecule has 0 fully saturated rings. The van der Waals surface area contributed by atoms with E-state index in [0.717, 1.165) is 34.2 Å². The summed E-state index contributed by atoms with van der Waals surface area (Å²) in [6.07, 6.45) is 0. The minimum Gasteiger partial charge on any atom is -0.397 e. The highest BCUT2D eigenvalue weighted by molar-refractivity contribution is 9.11. The molecule has 0 aliphatic heterocycles. The maximum atomic E-state index is 5.91. The van der Waals surface area contributed by atoms with Crippen molar-refractivity contribution in [3.8, 4) is 10.6 Å². The largest absolute Gasteiger partial charge is 0.397 e. The molecule has 2 N–H and O–H groups in total. The van der Waals surface area contributed by atoms with E-state index in [9.17, 15) is 0 Å². The van der Waals surface area contributed by atoms with Crippen LogP contribution in [0.3, 0.4) is 0 Å². The van der Waals surface area contributed by atoms with Gasteiger partial charge in [-0.25, -0.2) is 4.98 Å². The van der Waals surface area contributed by atoms with Crippen LogP contribution in [0.2, 0.25) is 0 Å². The predicted octanol–water partition coefficient (Wildman–Crippen LogP) is 5.83. The van der Waals surface area contributed by atoms with Crippen molar-refractivity contribution in [3.63, 3.8) is 0 Å². The van der Waals surface area contributed by atoms with E-state index in [4.69, 9.17) is 5.73 Å². The molecule has 2 nitrogen and oxygen atoms in total. The van der Waals surface area contributed by atoms with Crippen molar-refractivity contribution in [3.05, 3.63) is 43.7 Å². The van der Waals surface area contributed by atoms with E-state index in [0.29, 0.717) is 5.69 Å². The molecule has 3 aromatic rings. The summed E-state index contributed by atoms with van der Waals surface area (Å²) in [7, 11) is 0. The fourth-order valence-corrected chi connectivity index (χ4v) is 4.42. The summed E-state index contributed by atoms with van der Waals surface area (Å²) >= 11 is 12.1. The van der Waals surface area contributed by atoms with E-state index in [1.807, 2.05) is 24.3 Å². The molecule has 0 saturated carbocycles. The van der Waals surface area contributed by atoms with Crippen LogP contribution in [0.1, 0.15) is 0 Å². The van der Waals surface area contributed by atoms with Crippen LogP contribution < -0.4 is 5.73 Å². The van der Waals surface area contributed by atoms with E-state index >= 15 is 0 Å². The third-order valence-corrected chi connectivity index (χ3v) is 5.55. The molecule has 0 atom stereocenters. The molecule has 0 amide bonds. The van der Waals surface area contributed by atoms with E-state index < -0.39 is 0 Å². The van der Waals surface area contributed by atoms with Gasteiger partial charge in [-0.1, -0.05) is 15.9 Å². The maximum absolute atomic E-state index is 5.91. The van der Waals surface area contributed by atoms with Crippen molar-refractivity contribution in [2.75, 3.05) is 5.73 Å². The van der Waals surface area contributed by atoms with Gasteiger partial charge in [-0.05, 0) is 62.2 Å². The number of halogens is 3. The molecule has 6 heteroatoms. The second-order valence-corrected chi connectivity index (χ2v) is 7.64. The fourth-order valence-electron chi connectivity index (χ4n) is 1.73. The van der Waals surface area contributed by atoms with Crippen LogP contribution in [0.4, 0.5) is 5.69 Å². The molecule has 1 heterocycles. The smallest absolute Gasteiger partial charge is 0.124 e. The van der Waals surface area contributed by atoms with Crippen LogP contribution in [-0.4, -0.2) is 4.98 Å². The minimum atomic E-state index is 0.701. The Bertz CT molecular complexity index is 760. The van der Waals surface area contributed by atoms with Gasteiger partial charge in [0.15, 0.2) is 0 Å². The molecule has 96 valence electrons. The summed E-state index contributed by atoms with van der Waals surface area (Å²) in [6, 6.07) is 10.1. The number of hydrogen-bond acceptors (Lipinski definition) is 3. The number of nitrogens with zero attached hydrogens (tertiary/aromatic N) is 1. The Morgan fingerprint density at radius 1 is 1.00 bits per heavy atom. The molecule has 0 saturated heterocycles. The van der Waals surface area contributed by atoms with Gasteiger partial charge in [0.2, 0.25) is 0 Å². The summed E-state index contributed by atoms with van der Waals surface area (Å²) in [5, 5.41) is 0.981. The molecule has 0 radical (unpaired) electrons. The quantitative estimate of drug-likeness (QED) is 0.462. The zero-order chi connectivity index (χ0) is 13.6. The molecule has 0 spiro atoms. The number of thiazole rings is 1. The first-order valence-electron chi connectivity index (χ1n) is 5.35. The standard InChI is InChI=1S/C13H7Br3N2S/c14-7-1-2-10-11(5-7)19-13(18-10)6-3-8(15)12(17)9(16)4-6/h1-5H,17H2. The second-order valence-electron chi connectivity index (χ2n) is 3.98. The van der Waals surface area contributed by atoms with Crippen molar-refractivity contribution in [1.29, 1.82) is 0 Å². The van der Waals surface area contributed by atoms with Gasteiger partial charge in [0, 0.05) is 19.0 Å². The van der Waals surface area contributed by atoms with Gasteiger partial charge in [0.1, 0.15) is 5.01 Å². The molecule has 3 rings (SSSR count). The Labute approximate surface area is 139 Å². The average Bonchev–Trinajstić information content (AvgIpc) is 2.78. The molecule has 19 heavy (non-hydrogen) atoms. The van der Waals surface area contributed by atoms with Crippen LogP contribution in [0, 0.1) is 0 Å². The van der Waals surface area contributed by atoms with E-state index in [1.54, 1.807) is 11.3 Å². The second kappa shape index (κ2) is 5.16. The van der Waals surface area contributed by atoms with Gasteiger partial charge >= 0.3 is 0 Å². The number of fused-ring (bicyclic) bond motifs is 1. The van der Waals surface area contributed by atoms with Gasteiger partial charge in [-0.3, -0.25) is 0 Å². The van der Waals surface area contributed by atoms with Crippen molar-refractivity contribution >= 4 is 75.0 Å². The first-order valence-corrected chi connectivity index (χ1v) is 8.55. The first-order chi connectivity index (χ1) is 9.04. The van der Waals surface area contributed by atoms with Crippen molar-refractivity contribution < 1.29 is 0 Å². The van der Waals surface area contributed by atoms with E-state index in [-0.39, 0.29) is 0 Å². The Morgan fingerprint density at radius 3 is 2.37 bits per heavy atom. The minimum absolute atomic E-state index is 0.701. The number of nitrogens with two attached hydrogens (primary N) is 1. The summed E-state index contributed by atoms with van der Waals surface area (Å²) < 4.78 is 3.97. The van der Waals surface area contributed by atoms with Crippen LogP contribution in [-0.2, 0) is 0 Å². The number of rotatable bonds is 1. The number of anilines is 1. The molecular formula is C13H7Br3N2S. The molecule has 0 unspecified atom stereocenters. The molecule has 2 aromatic carbocycles. The lowest BCUT2D eigenvalue weighted by Crippen LogP contribution is -1.89. The van der Waals surface area contributed by atoms with Gasteiger partial charge in [0.05, 0.1) is 15.9 Å². The number of nitrogen functional groups attached to an aromatic ring is 1. The lowest BCUT2D eigenvalue weighted by atomic mass is 10.2. The topological polar surface area (TPSA) is 38.9 Å². The molecule has 0 aliphatic carbocycles. The lowest BCUT2D eigenvalue weighted by molar-refractivity contribution is 1.46. The van der Waals surface area contributed by atoms with Gasteiger partial charge in [-0.2, -0.15) is 0 Å². The molecule has 0 bridgehead atoms. The summed E-state index contributed by atoms with van der Waals surface area (Å²) in [4.78, 5) is 4.65. The fraction of sp³-hybridized carbons (Fsp3) is 0. The predicted molar refractivity (Wildman–Crippen MR) is 92.6 cm³/mol. The Hall–Kier alpha value is -0.430. The van der Waals surface area contributed by atoms with Crippen LogP contribution >= 0.6 is 59.1 Å². The highest BCUT2D eigenvalue weighted by Gasteiger charge is 2.10. The van der Waals surface area contributed by atoms with E-state index in [2.05, 4.69) is 58.8 Å². The van der Waals surface area contributed by atoms with Gasteiger partial charge in [-0.15, -0.1) is 11.3 Å². The van der Waals surface area contributed by atoms with E-state index in [1.165, 1.54) is 0 Å². The van der Waals surface area contributed by atoms with Gasteiger partial charge < -0.3 is 5.73 Å². The summed E-state index contributed by atoms with van der Waals surface area (Å²) in [5.74, 6) is 0. The zero-order valence-corrected chi connectivity index (χ0v) is 15.0. The highest BCUT2D eigenvalue weighted by Crippen LogP contribution is 2.37. The zero-order valence-electron chi connectivity index (χ0n) is 9.45. The summed E-state index contributed by atoms with van der Waals surface area (Å²) in [6.45, 7) is 0. The molecular weight excluding hydrogens is 456 g/mol. The third-order valence-electron chi connectivity index (χ3n) is 2.68. The van der Waals surface area contributed by atoms with Crippen LogP contribution in [0.5, 0.6) is 0 Å². The normalized spacial score (nSPS) is 11.1. The van der Waals surface area contributed by atoms with Crippen molar-refractivity contribution in [2.45, 2.75) is 0 Å². The number of aromatic nitrogens is 1. The third kappa shape index (κ3) is 2.59. The Balaban J connectivity index is 2.19. The number of benzene rings is 2. The Kier molecular flexibility index (Phi) is 3.68. The van der Waals surface area contributed by atoms with Crippen LogP contribution in [0.25, 0.3) is 20.8 Å². The van der Waals surface area contributed by atoms with Crippen molar-refractivity contribution in [2.24, 2.45) is 0 Å². The SMILES string of the molecule is Nc1c(Br)cc(-c2nc3ccc(Br)cc3s2)cc1Br. The number of hydrogen-bond donors (Lipinski definition) is 1. The first kappa shape index (κ1) is 13.5. The average molecular weight is 463 g/mol. The molecule has 0 aliphatic rings. The summed E-state index contributed by atoms with van der Waals surface area (Å²) in [5.41, 5.74) is 8.66.